The van der Waals surface area contributed by atoms with Crippen molar-refractivity contribution in [2.45, 2.75) is 59.0 Å². The molecule has 5 heteroatoms. The molecule has 0 bridgehead atoms. The fourth-order valence-corrected chi connectivity index (χ4v) is 2.41. The third-order valence-corrected chi connectivity index (χ3v) is 4.07. The normalized spacial score (nSPS) is 11.8. The highest BCUT2D eigenvalue weighted by Crippen LogP contribution is 2.25. The van der Waals surface area contributed by atoms with Crippen LogP contribution in [0.15, 0.2) is 24.3 Å². The lowest BCUT2D eigenvalue weighted by atomic mass is 9.86. The molecular weight excluding hydrogens is 312 g/mol. The quantitative estimate of drug-likeness (QED) is 0.584. The lowest BCUT2D eigenvalue weighted by Crippen LogP contribution is -2.49. The lowest BCUT2D eigenvalue weighted by Gasteiger charge is -2.28. The highest BCUT2D eigenvalue weighted by Gasteiger charge is 2.35. The first-order valence-corrected chi connectivity index (χ1v) is 8.65. The number of rotatable bonds is 9. The molecule has 0 radical (unpaired) electrons. The van der Waals surface area contributed by atoms with Gasteiger partial charge in [-0.15, -0.1) is 0 Å². The van der Waals surface area contributed by atoms with Crippen molar-refractivity contribution in [1.29, 1.82) is 0 Å². The van der Waals surface area contributed by atoms with Gasteiger partial charge in [0.1, 0.15) is 5.60 Å². The number of amides is 1. The molecule has 1 aromatic rings. The number of hydrogen-bond acceptors (Lipinski definition) is 3. The molecule has 1 amide bonds. The predicted molar refractivity (Wildman–Crippen MR) is 96.3 cm³/mol. The number of hydrazine groups is 1. The summed E-state index contributed by atoms with van der Waals surface area (Å²) in [7, 11) is 0. The van der Waals surface area contributed by atoms with Crippen LogP contribution in [0.2, 0.25) is 5.02 Å². The zero-order valence-electron chi connectivity index (χ0n) is 14.5. The number of benzene rings is 1. The maximum atomic E-state index is 12.5. The van der Waals surface area contributed by atoms with Crippen molar-refractivity contribution in [3.05, 3.63) is 29.3 Å². The Bertz CT molecular complexity index is 492. The maximum Gasteiger partial charge on any atom is 0.270 e. The molecule has 1 rings (SSSR count). The Hall–Kier alpha value is -1.26. The van der Waals surface area contributed by atoms with Gasteiger partial charge in [0.25, 0.3) is 5.91 Å². The van der Waals surface area contributed by atoms with Gasteiger partial charge in [-0.1, -0.05) is 45.4 Å². The fourth-order valence-electron chi connectivity index (χ4n) is 2.22. The first kappa shape index (κ1) is 19.8. The van der Waals surface area contributed by atoms with E-state index in [-0.39, 0.29) is 0 Å². The van der Waals surface area contributed by atoms with Gasteiger partial charge < -0.3 is 5.11 Å². The molecule has 0 aliphatic carbocycles. The molecule has 0 unspecified atom stereocenters. The molecule has 0 saturated heterocycles. The van der Waals surface area contributed by atoms with Crippen molar-refractivity contribution in [3.8, 4) is 0 Å². The molecule has 23 heavy (non-hydrogen) atoms. The highest BCUT2D eigenvalue weighted by molar-refractivity contribution is 6.30. The number of carbonyl (C=O) groups is 1. The predicted octanol–water partition coefficient (Wildman–Crippen LogP) is 4.39. The average Bonchev–Trinajstić information content (AvgIpc) is 2.48. The van der Waals surface area contributed by atoms with E-state index < -0.39 is 11.5 Å². The van der Waals surface area contributed by atoms with Gasteiger partial charge in [0.05, 0.1) is 5.69 Å². The third-order valence-electron chi connectivity index (χ3n) is 3.84. The molecular formula is C18H29ClN2O2. The van der Waals surface area contributed by atoms with Crippen molar-refractivity contribution in [1.82, 2.24) is 5.43 Å². The van der Waals surface area contributed by atoms with E-state index in [4.69, 9.17) is 11.6 Å². The van der Waals surface area contributed by atoms with Gasteiger partial charge in [-0.2, -0.15) is 0 Å². The van der Waals surface area contributed by atoms with Gasteiger partial charge >= 0.3 is 0 Å². The molecule has 0 aromatic heterocycles. The van der Waals surface area contributed by atoms with Crippen LogP contribution in [0.1, 0.15) is 53.4 Å². The molecule has 0 atom stereocenters. The van der Waals surface area contributed by atoms with E-state index in [0.717, 1.165) is 12.8 Å². The van der Waals surface area contributed by atoms with Crippen LogP contribution in [0, 0.1) is 11.8 Å². The van der Waals surface area contributed by atoms with Crippen LogP contribution in [-0.2, 0) is 4.79 Å². The Labute approximate surface area is 144 Å². The molecule has 1 aromatic carbocycles. The standard InChI is InChI=1S/C18H29ClN2O2/c1-13(2)8-10-18(23,11-9-14(3)4)17(22)21-20-16-7-5-6-15(19)12-16/h5-7,12-14,20,23H,8-11H2,1-4H3,(H,21,22). The second-order valence-electron chi connectivity index (χ2n) is 6.99. The Morgan fingerprint density at radius 3 is 2.22 bits per heavy atom. The van der Waals surface area contributed by atoms with Crippen molar-refractivity contribution in [3.63, 3.8) is 0 Å². The second kappa shape index (κ2) is 9.14. The summed E-state index contributed by atoms with van der Waals surface area (Å²) in [6.07, 6.45) is 2.53. The summed E-state index contributed by atoms with van der Waals surface area (Å²) in [5.74, 6) is 0.488. The minimum absolute atomic E-state index is 0.390. The van der Waals surface area contributed by atoms with Crippen LogP contribution in [0.5, 0.6) is 0 Å². The topological polar surface area (TPSA) is 61.4 Å². The first-order valence-electron chi connectivity index (χ1n) is 8.27. The summed E-state index contributed by atoms with van der Waals surface area (Å²) in [6, 6.07) is 7.06. The van der Waals surface area contributed by atoms with Crippen LogP contribution in [0.4, 0.5) is 5.69 Å². The monoisotopic (exact) mass is 340 g/mol. The summed E-state index contributed by atoms with van der Waals surface area (Å²) in [6.45, 7) is 8.35. The minimum atomic E-state index is -1.35. The van der Waals surface area contributed by atoms with Crippen LogP contribution in [0.3, 0.4) is 0 Å². The minimum Gasteiger partial charge on any atom is -0.380 e. The molecule has 0 aliphatic heterocycles. The Morgan fingerprint density at radius 2 is 1.74 bits per heavy atom. The Kier molecular flexibility index (Phi) is 7.86. The van der Waals surface area contributed by atoms with Gasteiger partial charge in [-0.25, -0.2) is 0 Å². The van der Waals surface area contributed by atoms with Gasteiger partial charge in [-0.3, -0.25) is 15.6 Å². The number of carbonyl (C=O) groups excluding carboxylic acids is 1. The molecule has 0 spiro atoms. The molecule has 0 saturated carbocycles. The Balaban J connectivity index is 2.69. The fraction of sp³-hybridized carbons (Fsp3) is 0.611. The SMILES string of the molecule is CC(C)CCC(O)(CCC(C)C)C(=O)NNc1cccc(Cl)c1. The van der Waals surface area contributed by atoms with E-state index in [1.807, 2.05) is 0 Å². The zero-order chi connectivity index (χ0) is 17.5. The average molecular weight is 341 g/mol. The lowest BCUT2D eigenvalue weighted by molar-refractivity contribution is -0.141. The van der Waals surface area contributed by atoms with E-state index in [2.05, 4.69) is 38.5 Å². The first-order chi connectivity index (χ1) is 10.7. The molecule has 0 fully saturated rings. The number of halogens is 1. The maximum absolute atomic E-state index is 12.5. The van der Waals surface area contributed by atoms with Crippen molar-refractivity contribution in [2.24, 2.45) is 11.8 Å². The van der Waals surface area contributed by atoms with Crippen molar-refractivity contribution < 1.29 is 9.90 Å². The molecule has 4 nitrogen and oxygen atoms in total. The van der Waals surface area contributed by atoms with E-state index in [1.165, 1.54) is 0 Å². The van der Waals surface area contributed by atoms with Crippen LogP contribution < -0.4 is 10.9 Å². The molecule has 0 aliphatic rings. The van der Waals surface area contributed by atoms with Crippen molar-refractivity contribution >= 4 is 23.2 Å². The van der Waals surface area contributed by atoms with Crippen molar-refractivity contribution in [2.75, 3.05) is 5.43 Å². The zero-order valence-corrected chi connectivity index (χ0v) is 15.3. The van der Waals surface area contributed by atoms with Gasteiger partial charge in [0, 0.05) is 5.02 Å². The summed E-state index contributed by atoms with van der Waals surface area (Å²) in [5.41, 5.74) is 4.77. The molecule has 0 heterocycles. The molecule has 3 N–H and O–H groups in total. The number of nitrogens with one attached hydrogen (secondary N) is 2. The summed E-state index contributed by atoms with van der Waals surface area (Å²) in [4.78, 5) is 12.5. The summed E-state index contributed by atoms with van der Waals surface area (Å²) < 4.78 is 0. The Morgan fingerprint density at radius 1 is 1.17 bits per heavy atom. The summed E-state index contributed by atoms with van der Waals surface area (Å²) in [5, 5.41) is 11.4. The van der Waals surface area contributed by atoms with E-state index in [1.54, 1.807) is 24.3 Å². The van der Waals surface area contributed by atoms with Crippen LogP contribution in [0.25, 0.3) is 0 Å². The van der Waals surface area contributed by atoms with Crippen LogP contribution in [-0.4, -0.2) is 16.6 Å². The third kappa shape index (κ3) is 7.23. The number of hydrogen-bond donors (Lipinski definition) is 3. The van der Waals surface area contributed by atoms with E-state index in [9.17, 15) is 9.90 Å². The van der Waals surface area contributed by atoms with E-state index >= 15 is 0 Å². The molecule has 130 valence electrons. The van der Waals surface area contributed by atoms with E-state index in [0.29, 0.717) is 35.4 Å². The van der Waals surface area contributed by atoms with Gasteiger partial charge in [-0.05, 0) is 55.7 Å². The van der Waals surface area contributed by atoms with Gasteiger partial charge in [0.2, 0.25) is 0 Å². The summed E-state index contributed by atoms with van der Waals surface area (Å²) >= 11 is 5.92. The second-order valence-corrected chi connectivity index (χ2v) is 7.42. The number of aliphatic hydroxyl groups is 1. The van der Waals surface area contributed by atoms with Gasteiger partial charge in [0.15, 0.2) is 0 Å². The number of anilines is 1. The van der Waals surface area contributed by atoms with Crippen LogP contribution >= 0.6 is 11.6 Å². The highest BCUT2D eigenvalue weighted by atomic mass is 35.5. The smallest absolute Gasteiger partial charge is 0.270 e. The largest absolute Gasteiger partial charge is 0.380 e.